The highest BCUT2D eigenvalue weighted by Crippen LogP contribution is 2.43. The van der Waals surface area contributed by atoms with Crippen molar-refractivity contribution in [3.63, 3.8) is 0 Å². The van der Waals surface area contributed by atoms with E-state index in [1.165, 1.54) is 41.7 Å². The number of hydrogen-bond donors (Lipinski definition) is 0. The van der Waals surface area contributed by atoms with Gasteiger partial charge in [-0.1, -0.05) is 84.9 Å². The second-order valence-electron chi connectivity index (χ2n) is 9.40. The van der Waals surface area contributed by atoms with Gasteiger partial charge < -0.3 is 0 Å². The third-order valence-electron chi connectivity index (χ3n) is 7.29. The summed E-state index contributed by atoms with van der Waals surface area (Å²) >= 11 is 1.86. The van der Waals surface area contributed by atoms with Crippen LogP contribution in [0.4, 0.5) is 0 Å². The molecule has 0 spiro atoms. The van der Waals surface area contributed by atoms with Crippen LogP contribution in [-0.4, -0.2) is 9.97 Å². The van der Waals surface area contributed by atoms with Gasteiger partial charge >= 0.3 is 0 Å². The van der Waals surface area contributed by atoms with Gasteiger partial charge in [-0.25, -0.2) is 4.98 Å². The molecule has 0 bridgehead atoms. The van der Waals surface area contributed by atoms with Gasteiger partial charge in [0.2, 0.25) is 0 Å². The Balaban J connectivity index is 1.46. The molecule has 37 heavy (non-hydrogen) atoms. The highest BCUT2D eigenvalue weighted by molar-refractivity contribution is 7.26. The summed E-state index contributed by atoms with van der Waals surface area (Å²) < 4.78 is 2.63. The van der Waals surface area contributed by atoms with Crippen LogP contribution in [0.5, 0.6) is 0 Å². The van der Waals surface area contributed by atoms with E-state index in [2.05, 4.69) is 115 Å². The van der Waals surface area contributed by atoms with E-state index in [1.807, 2.05) is 17.5 Å². The molecule has 0 N–H and O–H groups in total. The average molecular weight is 489 g/mol. The first kappa shape index (κ1) is 20.6. The van der Waals surface area contributed by atoms with Crippen LogP contribution >= 0.6 is 11.3 Å². The van der Waals surface area contributed by atoms with Crippen LogP contribution in [0.2, 0.25) is 0 Å². The van der Waals surface area contributed by atoms with Crippen molar-refractivity contribution in [3.05, 3.63) is 121 Å². The number of rotatable bonds is 2. The average Bonchev–Trinajstić information content (AvgIpc) is 3.35. The van der Waals surface area contributed by atoms with Crippen LogP contribution in [0, 0.1) is 0 Å². The zero-order chi connectivity index (χ0) is 24.3. The molecule has 0 atom stereocenters. The van der Waals surface area contributed by atoms with Crippen molar-refractivity contribution >= 4 is 64.0 Å². The van der Waals surface area contributed by atoms with Gasteiger partial charge in [0.05, 0.1) is 16.9 Å². The molecule has 172 valence electrons. The van der Waals surface area contributed by atoms with E-state index in [4.69, 9.17) is 9.97 Å². The second kappa shape index (κ2) is 7.95. The van der Waals surface area contributed by atoms with Crippen molar-refractivity contribution in [2.75, 3.05) is 0 Å². The van der Waals surface area contributed by atoms with Crippen molar-refractivity contribution < 1.29 is 0 Å². The van der Waals surface area contributed by atoms with Crippen LogP contribution in [0.25, 0.3) is 75.1 Å². The number of para-hydroxylation sites is 1. The first-order valence-electron chi connectivity index (χ1n) is 12.4. The predicted octanol–water partition coefficient (Wildman–Crippen LogP) is 9.64. The summed E-state index contributed by atoms with van der Waals surface area (Å²) in [5.74, 6) is 0. The number of aromatic nitrogens is 2. The molecule has 8 aromatic rings. The number of fused-ring (bicyclic) bond motifs is 8. The Morgan fingerprint density at radius 2 is 1.24 bits per heavy atom. The van der Waals surface area contributed by atoms with Crippen LogP contribution in [0.3, 0.4) is 0 Å². The summed E-state index contributed by atoms with van der Waals surface area (Å²) in [6.45, 7) is 0. The molecule has 2 nitrogen and oxygen atoms in total. The lowest BCUT2D eigenvalue weighted by Gasteiger charge is -2.13. The molecule has 5 aromatic carbocycles. The van der Waals surface area contributed by atoms with E-state index >= 15 is 0 Å². The summed E-state index contributed by atoms with van der Waals surface area (Å²) in [6, 6.07) is 40.9. The molecule has 0 aliphatic rings. The van der Waals surface area contributed by atoms with Crippen molar-refractivity contribution in [2.45, 2.75) is 0 Å². The number of benzene rings is 5. The molecule has 8 rings (SSSR count). The standard InChI is InChI=1S/C34H20N2S/c1-2-11-24-21(8-1)18-19-35-33(24)22-9-7-10-23(20-22)34-27-16-17-30-32(26-13-4-6-15-29(26)37-30)31(27)25-12-3-5-14-28(25)36-34/h1-20H. The van der Waals surface area contributed by atoms with Gasteiger partial charge in [0.1, 0.15) is 0 Å². The maximum absolute atomic E-state index is 5.22. The lowest BCUT2D eigenvalue weighted by Crippen LogP contribution is -1.92. The van der Waals surface area contributed by atoms with Crippen molar-refractivity contribution in [3.8, 4) is 22.5 Å². The topological polar surface area (TPSA) is 25.8 Å². The van der Waals surface area contributed by atoms with Crippen molar-refractivity contribution in [2.24, 2.45) is 0 Å². The third-order valence-corrected chi connectivity index (χ3v) is 8.42. The zero-order valence-corrected chi connectivity index (χ0v) is 20.7. The lowest BCUT2D eigenvalue weighted by molar-refractivity contribution is 1.35. The van der Waals surface area contributed by atoms with Gasteiger partial charge in [-0.3, -0.25) is 4.98 Å². The van der Waals surface area contributed by atoms with Gasteiger partial charge in [0, 0.05) is 59.0 Å². The minimum atomic E-state index is 0.997. The molecule has 0 aliphatic heterocycles. The summed E-state index contributed by atoms with van der Waals surface area (Å²) in [5, 5.41) is 8.64. The monoisotopic (exact) mass is 488 g/mol. The maximum Gasteiger partial charge on any atom is 0.0788 e. The van der Waals surface area contributed by atoms with Gasteiger partial charge in [-0.05, 0) is 35.7 Å². The minimum absolute atomic E-state index is 0.997. The molecule has 0 saturated heterocycles. The van der Waals surface area contributed by atoms with Crippen LogP contribution in [-0.2, 0) is 0 Å². The Morgan fingerprint density at radius 3 is 2.16 bits per heavy atom. The Labute approximate surface area is 217 Å². The van der Waals surface area contributed by atoms with Crippen LogP contribution in [0.15, 0.2) is 121 Å². The fraction of sp³-hybridized carbons (Fsp3) is 0. The molecular formula is C34H20N2S. The molecule has 3 heterocycles. The van der Waals surface area contributed by atoms with Crippen LogP contribution in [0.1, 0.15) is 0 Å². The van der Waals surface area contributed by atoms with E-state index < -0.39 is 0 Å². The third kappa shape index (κ3) is 3.11. The van der Waals surface area contributed by atoms with E-state index in [0.29, 0.717) is 0 Å². The largest absolute Gasteiger partial charge is 0.256 e. The number of pyridine rings is 2. The first-order valence-corrected chi connectivity index (χ1v) is 13.2. The Hall–Kier alpha value is -4.60. The molecular weight excluding hydrogens is 468 g/mol. The molecule has 0 radical (unpaired) electrons. The number of thiophene rings is 1. The quantitative estimate of drug-likeness (QED) is 0.226. The molecule has 0 fully saturated rings. The fourth-order valence-electron chi connectivity index (χ4n) is 5.64. The molecule has 0 unspecified atom stereocenters. The fourth-order valence-corrected chi connectivity index (χ4v) is 6.75. The van der Waals surface area contributed by atoms with E-state index in [-0.39, 0.29) is 0 Å². The van der Waals surface area contributed by atoms with E-state index in [9.17, 15) is 0 Å². The Bertz CT molecular complexity index is 2150. The van der Waals surface area contributed by atoms with Crippen molar-refractivity contribution in [1.29, 1.82) is 0 Å². The molecule has 0 aliphatic carbocycles. The van der Waals surface area contributed by atoms with E-state index in [1.54, 1.807) is 0 Å². The number of nitrogens with zero attached hydrogens (tertiary/aromatic N) is 2. The molecule has 0 amide bonds. The van der Waals surface area contributed by atoms with Gasteiger partial charge in [-0.2, -0.15) is 0 Å². The lowest BCUT2D eigenvalue weighted by atomic mass is 9.95. The smallest absolute Gasteiger partial charge is 0.0788 e. The highest BCUT2D eigenvalue weighted by Gasteiger charge is 2.17. The Morgan fingerprint density at radius 1 is 0.486 bits per heavy atom. The van der Waals surface area contributed by atoms with E-state index in [0.717, 1.165) is 33.4 Å². The maximum atomic E-state index is 5.22. The van der Waals surface area contributed by atoms with Crippen molar-refractivity contribution in [1.82, 2.24) is 9.97 Å². The normalized spacial score (nSPS) is 11.8. The van der Waals surface area contributed by atoms with Crippen LogP contribution < -0.4 is 0 Å². The first-order chi connectivity index (χ1) is 18.3. The summed E-state index contributed by atoms with van der Waals surface area (Å²) in [4.78, 5) is 10.00. The summed E-state index contributed by atoms with van der Waals surface area (Å²) in [6.07, 6.45) is 1.90. The van der Waals surface area contributed by atoms with Gasteiger partial charge in [-0.15, -0.1) is 11.3 Å². The SMILES string of the molecule is c1cc(-c2nccc3ccccc23)cc(-c2nc3ccccc3c3c2ccc2sc4ccccc4c23)c1. The number of hydrogen-bond acceptors (Lipinski definition) is 3. The Kier molecular flexibility index (Phi) is 4.42. The minimum Gasteiger partial charge on any atom is -0.256 e. The van der Waals surface area contributed by atoms with Gasteiger partial charge in [0.15, 0.2) is 0 Å². The summed E-state index contributed by atoms with van der Waals surface area (Å²) in [5.41, 5.74) is 5.21. The highest BCUT2D eigenvalue weighted by atomic mass is 32.1. The second-order valence-corrected chi connectivity index (χ2v) is 10.5. The summed E-state index contributed by atoms with van der Waals surface area (Å²) in [7, 11) is 0. The molecule has 3 aromatic heterocycles. The van der Waals surface area contributed by atoms with Gasteiger partial charge in [0.25, 0.3) is 0 Å². The molecule has 0 saturated carbocycles. The zero-order valence-electron chi connectivity index (χ0n) is 19.8. The predicted molar refractivity (Wildman–Crippen MR) is 158 cm³/mol. The molecule has 3 heteroatoms.